The fourth-order valence-corrected chi connectivity index (χ4v) is 14.0. The molecule has 0 aromatic carbocycles. The predicted octanol–water partition coefficient (Wildman–Crippen LogP) is 1.59. The minimum Gasteiger partial charge on any atom is -0.129 e. The van der Waals surface area contributed by atoms with Gasteiger partial charge in [0.15, 0.2) is 0 Å². The van der Waals surface area contributed by atoms with Crippen molar-refractivity contribution in [3.63, 3.8) is 0 Å². The van der Waals surface area contributed by atoms with Crippen molar-refractivity contribution in [1.82, 2.24) is 0 Å². The number of rotatable bonds is 0. The van der Waals surface area contributed by atoms with Crippen molar-refractivity contribution in [3.8, 4) is 0 Å². The van der Waals surface area contributed by atoms with Crippen molar-refractivity contribution < 1.29 is 0 Å². The van der Waals surface area contributed by atoms with E-state index in [4.69, 9.17) is 0 Å². The molecular formula is C3H7BrSi2. The van der Waals surface area contributed by atoms with Crippen molar-refractivity contribution in [1.29, 1.82) is 0 Å². The lowest BCUT2D eigenvalue weighted by Gasteiger charge is -2.23. The van der Waals surface area contributed by atoms with Gasteiger partial charge in [-0.2, -0.15) is 0 Å². The topological polar surface area (TPSA) is 0 Å². The summed E-state index contributed by atoms with van der Waals surface area (Å²) in [6, 6.07) is 0. The monoisotopic (exact) mass is 178 g/mol. The molecule has 1 saturated heterocycles. The lowest BCUT2D eigenvalue weighted by molar-refractivity contribution is 1.59. The highest BCUT2D eigenvalue weighted by Crippen LogP contribution is 2.23. The molecule has 0 unspecified atom stereocenters. The van der Waals surface area contributed by atoms with Gasteiger partial charge in [-0.05, 0) is 0 Å². The summed E-state index contributed by atoms with van der Waals surface area (Å²) >= 11 is 3.63. The normalized spacial score (nSPS) is 27.0. The van der Waals surface area contributed by atoms with Gasteiger partial charge in [-0.25, -0.2) is 0 Å². The third kappa shape index (κ3) is 0.947. The molecule has 1 aliphatic rings. The first kappa shape index (κ1) is 5.06. The molecule has 1 rings (SSSR count). The van der Waals surface area contributed by atoms with E-state index < -0.39 is 0 Å². The van der Waals surface area contributed by atoms with Gasteiger partial charge >= 0.3 is 0 Å². The van der Waals surface area contributed by atoms with E-state index in [1.165, 1.54) is 0 Å². The SMILES string of the molecule is C[Si]1C[Si](Br)C1. The average molecular weight is 179 g/mol. The average Bonchev–Trinajstić information content (AvgIpc) is 1.33. The fourth-order valence-electron chi connectivity index (χ4n) is 0.603. The minimum atomic E-state index is 0.116. The van der Waals surface area contributed by atoms with Crippen LogP contribution in [0.5, 0.6) is 0 Å². The zero-order valence-electron chi connectivity index (χ0n) is 3.79. The van der Waals surface area contributed by atoms with Crippen molar-refractivity contribution in [2.75, 3.05) is 0 Å². The van der Waals surface area contributed by atoms with Crippen LogP contribution >= 0.6 is 15.3 Å². The summed E-state index contributed by atoms with van der Waals surface area (Å²) in [5.41, 5.74) is 3.19. The largest absolute Gasteiger partial charge is 0.129 e. The van der Waals surface area contributed by atoms with E-state index in [9.17, 15) is 0 Å². The second-order valence-corrected chi connectivity index (χ2v) is 11.0. The molecule has 0 N–H and O–H groups in total. The van der Waals surface area contributed by atoms with Gasteiger partial charge in [0.25, 0.3) is 0 Å². The Labute approximate surface area is 49.7 Å². The summed E-state index contributed by atoms with van der Waals surface area (Å²) in [7, 11) is 0.372. The van der Waals surface area contributed by atoms with E-state index in [0.29, 0.717) is 0 Å². The van der Waals surface area contributed by atoms with Crippen molar-refractivity contribution in [3.05, 3.63) is 0 Å². The molecule has 0 spiro atoms. The van der Waals surface area contributed by atoms with Crippen LogP contribution in [0.15, 0.2) is 0 Å². The van der Waals surface area contributed by atoms with Crippen molar-refractivity contribution >= 4 is 31.5 Å². The maximum Gasteiger partial charge on any atom is 0.129 e. The lowest BCUT2D eigenvalue weighted by Crippen LogP contribution is -2.32. The quantitative estimate of drug-likeness (QED) is 0.391. The van der Waals surface area contributed by atoms with Gasteiger partial charge in [0, 0.05) is 8.80 Å². The Kier molecular flexibility index (Phi) is 1.52. The van der Waals surface area contributed by atoms with E-state index in [2.05, 4.69) is 21.8 Å². The van der Waals surface area contributed by atoms with Gasteiger partial charge in [-0.15, -0.1) is 15.3 Å². The van der Waals surface area contributed by atoms with Crippen LogP contribution in [0.2, 0.25) is 17.9 Å². The van der Waals surface area contributed by atoms with Gasteiger partial charge in [0.05, 0.1) is 0 Å². The standard InChI is InChI=1S/C3H7BrSi2/c1-5-2-6(4)3-5/h2-3H2,1H3. The Balaban J connectivity index is 2.11. The van der Waals surface area contributed by atoms with Gasteiger partial charge < -0.3 is 0 Å². The van der Waals surface area contributed by atoms with Crippen molar-refractivity contribution in [2.45, 2.75) is 17.9 Å². The lowest BCUT2D eigenvalue weighted by atomic mass is 11.7. The summed E-state index contributed by atoms with van der Waals surface area (Å²) in [6.45, 7) is 2.42. The Morgan fingerprint density at radius 1 is 1.50 bits per heavy atom. The molecule has 0 aromatic heterocycles. The summed E-state index contributed by atoms with van der Waals surface area (Å²) in [4.78, 5) is 0. The molecule has 0 atom stereocenters. The van der Waals surface area contributed by atoms with Gasteiger partial charge in [0.1, 0.15) is 7.42 Å². The molecule has 0 aliphatic carbocycles. The van der Waals surface area contributed by atoms with Crippen LogP contribution < -0.4 is 0 Å². The molecule has 34 valence electrons. The molecule has 1 fully saturated rings. The third-order valence-corrected chi connectivity index (χ3v) is 13.9. The number of hydrogen-bond donors (Lipinski definition) is 0. The highest BCUT2D eigenvalue weighted by molar-refractivity contribution is 9.24. The van der Waals surface area contributed by atoms with E-state index in [1.54, 1.807) is 11.3 Å². The van der Waals surface area contributed by atoms with Crippen molar-refractivity contribution in [2.24, 2.45) is 0 Å². The molecule has 2 radical (unpaired) electrons. The van der Waals surface area contributed by atoms with Crippen LogP contribution in [0.4, 0.5) is 0 Å². The van der Waals surface area contributed by atoms with E-state index >= 15 is 0 Å². The maximum atomic E-state index is 3.63. The van der Waals surface area contributed by atoms with Crippen LogP contribution in [-0.4, -0.2) is 16.2 Å². The Morgan fingerprint density at radius 2 is 2.00 bits per heavy atom. The van der Waals surface area contributed by atoms with Gasteiger partial charge in [-0.1, -0.05) is 17.9 Å². The molecular weight excluding hydrogens is 172 g/mol. The van der Waals surface area contributed by atoms with E-state index in [-0.39, 0.29) is 16.2 Å². The Bertz CT molecular complexity index is 44.8. The zero-order valence-corrected chi connectivity index (χ0v) is 7.38. The molecule has 3 heteroatoms. The molecule has 1 heterocycles. The molecule has 1 aliphatic heterocycles. The first-order valence-electron chi connectivity index (χ1n) is 2.10. The predicted molar refractivity (Wildman–Crippen MR) is 35.9 cm³/mol. The highest BCUT2D eigenvalue weighted by Gasteiger charge is 2.25. The Hall–Kier alpha value is 0.914. The summed E-state index contributed by atoms with van der Waals surface area (Å²) < 4.78 is 0. The van der Waals surface area contributed by atoms with Gasteiger partial charge in [0.2, 0.25) is 0 Å². The zero-order chi connectivity index (χ0) is 4.57. The molecule has 6 heavy (non-hydrogen) atoms. The first-order valence-corrected chi connectivity index (χ1v) is 8.69. The van der Waals surface area contributed by atoms with Crippen LogP contribution in [0.1, 0.15) is 0 Å². The minimum absolute atomic E-state index is 0.116. The molecule has 0 nitrogen and oxygen atoms in total. The summed E-state index contributed by atoms with van der Waals surface area (Å²) in [6.07, 6.45) is 0. The van der Waals surface area contributed by atoms with Crippen LogP contribution in [0.25, 0.3) is 0 Å². The van der Waals surface area contributed by atoms with Crippen LogP contribution in [0, 0.1) is 0 Å². The molecule has 0 bridgehead atoms. The van der Waals surface area contributed by atoms with Crippen LogP contribution in [0.3, 0.4) is 0 Å². The number of hydrogen-bond acceptors (Lipinski definition) is 0. The molecule has 0 saturated carbocycles. The van der Waals surface area contributed by atoms with Gasteiger partial charge in [-0.3, -0.25) is 0 Å². The summed E-state index contributed by atoms with van der Waals surface area (Å²) in [5.74, 6) is 0. The maximum absolute atomic E-state index is 3.63. The smallest absolute Gasteiger partial charge is 0.129 e. The van der Waals surface area contributed by atoms with E-state index in [0.717, 1.165) is 0 Å². The Morgan fingerprint density at radius 3 is 2.00 bits per heavy atom. The third-order valence-electron chi connectivity index (χ3n) is 0.987. The second kappa shape index (κ2) is 1.80. The van der Waals surface area contributed by atoms with E-state index in [1.807, 2.05) is 0 Å². The first-order chi connectivity index (χ1) is 2.79. The van der Waals surface area contributed by atoms with Crippen LogP contribution in [-0.2, 0) is 0 Å². The molecule has 0 amide bonds. The highest BCUT2D eigenvalue weighted by atomic mass is 79.9. The number of halogens is 1. The fraction of sp³-hybridized carbons (Fsp3) is 1.00. The second-order valence-electron chi connectivity index (χ2n) is 1.83. The molecule has 0 aromatic rings. The summed E-state index contributed by atoms with van der Waals surface area (Å²) in [5, 5.41) is 0.